The summed E-state index contributed by atoms with van der Waals surface area (Å²) >= 11 is 0. The van der Waals surface area contributed by atoms with Crippen LogP contribution in [0.2, 0.25) is 0 Å². The summed E-state index contributed by atoms with van der Waals surface area (Å²) in [6.45, 7) is 2.25. The molecular formula is C12H18N2O3. The molecule has 0 aliphatic heterocycles. The number of nitrogens with zero attached hydrogens (tertiary/aromatic N) is 1. The van der Waals surface area contributed by atoms with E-state index in [9.17, 15) is 4.79 Å². The molecule has 0 aromatic carbocycles. The van der Waals surface area contributed by atoms with Crippen molar-refractivity contribution in [3.05, 3.63) is 29.6 Å². The number of ether oxygens (including phenoxy) is 1. The second-order valence-electron chi connectivity index (χ2n) is 3.82. The third-order valence-electron chi connectivity index (χ3n) is 2.40. The number of hydrogen-bond donors (Lipinski definition) is 2. The molecule has 1 unspecified atom stereocenters. The molecule has 0 radical (unpaired) electrons. The van der Waals surface area contributed by atoms with Crippen LogP contribution in [0.1, 0.15) is 22.5 Å². The predicted molar refractivity (Wildman–Crippen MR) is 63.8 cm³/mol. The number of aromatic nitrogens is 1. The zero-order valence-corrected chi connectivity index (χ0v) is 10.1. The molecule has 5 heteroatoms. The maximum Gasteiger partial charge on any atom is 0.253 e. The molecule has 0 aliphatic carbocycles. The highest BCUT2D eigenvalue weighted by Crippen LogP contribution is 2.01. The van der Waals surface area contributed by atoms with E-state index >= 15 is 0 Å². The first kappa shape index (κ1) is 13.6. The number of rotatable bonds is 6. The first-order valence-corrected chi connectivity index (χ1v) is 5.50. The number of amides is 1. The minimum absolute atomic E-state index is 0.103. The molecule has 5 nitrogen and oxygen atoms in total. The van der Waals surface area contributed by atoms with Gasteiger partial charge in [-0.05, 0) is 25.5 Å². The Kier molecular flexibility index (Phi) is 5.59. The quantitative estimate of drug-likeness (QED) is 0.758. The predicted octanol–water partition coefficient (Wildman–Crippen LogP) is 0.517. The second-order valence-corrected chi connectivity index (χ2v) is 3.82. The lowest BCUT2D eigenvalue weighted by Gasteiger charge is -2.15. The number of nitrogens with one attached hydrogen (secondary N) is 1. The maximum absolute atomic E-state index is 11.8. The molecule has 1 amide bonds. The molecule has 1 aromatic rings. The standard InChI is InChI=1S/C12H18N2O3/c1-9-3-4-10(7-13-9)12(16)14-11(8-15)5-6-17-2/h3-4,7,11,15H,5-6,8H2,1-2H3,(H,14,16). The van der Waals surface area contributed by atoms with Gasteiger partial charge in [0.1, 0.15) is 0 Å². The number of carbonyl (C=O) groups is 1. The Morgan fingerprint density at radius 3 is 2.88 bits per heavy atom. The van der Waals surface area contributed by atoms with Gasteiger partial charge in [0.2, 0.25) is 0 Å². The van der Waals surface area contributed by atoms with Crippen molar-refractivity contribution in [3.8, 4) is 0 Å². The van der Waals surface area contributed by atoms with Gasteiger partial charge in [0, 0.05) is 25.6 Å². The third-order valence-corrected chi connectivity index (χ3v) is 2.40. The number of pyridine rings is 1. The summed E-state index contributed by atoms with van der Waals surface area (Å²) in [5, 5.41) is 11.8. The van der Waals surface area contributed by atoms with Crippen LogP contribution in [0, 0.1) is 6.92 Å². The zero-order valence-electron chi connectivity index (χ0n) is 10.1. The van der Waals surface area contributed by atoms with Gasteiger partial charge in [-0.2, -0.15) is 0 Å². The van der Waals surface area contributed by atoms with Crippen molar-refractivity contribution in [3.63, 3.8) is 0 Å². The molecule has 1 rings (SSSR count). The summed E-state index contributed by atoms with van der Waals surface area (Å²) in [5.41, 5.74) is 1.35. The van der Waals surface area contributed by atoms with Crippen LogP contribution in [-0.2, 0) is 4.74 Å². The van der Waals surface area contributed by atoms with Crippen molar-refractivity contribution in [2.45, 2.75) is 19.4 Å². The van der Waals surface area contributed by atoms with E-state index < -0.39 is 0 Å². The molecule has 17 heavy (non-hydrogen) atoms. The average Bonchev–Trinajstić information content (AvgIpc) is 2.35. The summed E-state index contributed by atoms with van der Waals surface area (Å²) < 4.78 is 4.90. The lowest BCUT2D eigenvalue weighted by Crippen LogP contribution is -2.38. The van der Waals surface area contributed by atoms with E-state index in [0.717, 1.165) is 5.69 Å². The molecule has 0 bridgehead atoms. The van der Waals surface area contributed by atoms with E-state index in [4.69, 9.17) is 9.84 Å². The van der Waals surface area contributed by atoms with E-state index in [1.165, 1.54) is 6.20 Å². The topological polar surface area (TPSA) is 71.5 Å². The fourth-order valence-electron chi connectivity index (χ4n) is 1.34. The van der Waals surface area contributed by atoms with Gasteiger partial charge in [-0.3, -0.25) is 9.78 Å². The summed E-state index contributed by atoms with van der Waals surface area (Å²) in [6, 6.07) is 3.20. The van der Waals surface area contributed by atoms with Gasteiger partial charge in [-0.15, -0.1) is 0 Å². The van der Waals surface area contributed by atoms with Gasteiger partial charge >= 0.3 is 0 Å². The zero-order chi connectivity index (χ0) is 12.7. The smallest absolute Gasteiger partial charge is 0.253 e. The lowest BCUT2D eigenvalue weighted by atomic mass is 10.2. The molecule has 0 spiro atoms. The highest BCUT2D eigenvalue weighted by molar-refractivity contribution is 5.94. The molecule has 1 atom stereocenters. The largest absolute Gasteiger partial charge is 0.394 e. The number of methoxy groups -OCH3 is 1. The first-order valence-electron chi connectivity index (χ1n) is 5.50. The Balaban J connectivity index is 2.54. The number of aliphatic hydroxyl groups excluding tert-OH is 1. The van der Waals surface area contributed by atoms with Crippen molar-refractivity contribution in [1.82, 2.24) is 10.3 Å². The second kappa shape index (κ2) is 6.98. The van der Waals surface area contributed by atoms with Gasteiger partial charge in [-0.25, -0.2) is 0 Å². The molecule has 0 saturated heterocycles. The van der Waals surface area contributed by atoms with Gasteiger partial charge in [0.15, 0.2) is 0 Å². The lowest BCUT2D eigenvalue weighted by molar-refractivity contribution is 0.0894. The molecule has 2 N–H and O–H groups in total. The van der Waals surface area contributed by atoms with Crippen LogP contribution >= 0.6 is 0 Å². The van der Waals surface area contributed by atoms with E-state index in [1.807, 2.05) is 6.92 Å². The summed E-state index contributed by atoms with van der Waals surface area (Å²) in [6.07, 6.45) is 2.10. The van der Waals surface area contributed by atoms with Crippen LogP contribution in [0.3, 0.4) is 0 Å². The van der Waals surface area contributed by atoms with Crippen LogP contribution in [0.5, 0.6) is 0 Å². The molecule has 0 fully saturated rings. The summed E-state index contributed by atoms with van der Waals surface area (Å²) in [5.74, 6) is -0.229. The first-order chi connectivity index (χ1) is 8.17. The average molecular weight is 238 g/mol. The monoisotopic (exact) mass is 238 g/mol. The number of carbonyl (C=O) groups excluding carboxylic acids is 1. The Morgan fingerprint density at radius 1 is 1.59 bits per heavy atom. The Labute approximate surface area is 101 Å². The van der Waals surface area contributed by atoms with Gasteiger partial charge in [0.25, 0.3) is 5.91 Å². The minimum atomic E-state index is -0.288. The number of aliphatic hydroxyl groups is 1. The van der Waals surface area contributed by atoms with Gasteiger partial charge < -0.3 is 15.2 Å². The SMILES string of the molecule is COCCC(CO)NC(=O)c1ccc(C)nc1. The van der Waals surface area contributed by atoms with Crippen molar-refractivity contribution in [1.29, 1.82) is 0 Å². The Bertz CT molecular complexity index is 351. The minimum Gasteiger partial charge on any atom is -0.394 e. The van der Waals surface area contributed by atoms with Gasteiger partial charge in [0.05, 0.1) is 18.2 Å². The van der Waals surface area contributed by atoms with E-state index in [-0.39, 0.29) is 18.6 Å². The van der Waals surface area contributed by atoms with Crippen LogP contribution in [0.25, 0.3) is 0 Å². The number of hydrogen-bond acceptors (Lipinski definition) is 4. The van der Waals surface area contributed by atoms with Crippen LogP contribution in [0.15, 0.2) is 18.3 Å². The Morgan fingerprint density at radius 2 is 2.35 bits per heavy atom. The summed E-state index contributed by atoms with van der Waals surface area (Å²) in [7, 11) is 1.58. The highest BCUT2D eigenvalue weighted by Gasteiger charge is 2.12. The normalized spacial score (nSPS) is 12.2. The van der Waals surface area contributed by atoms with Crippen LogP contribution in [-0.4, -0.2) is 42.4 Å². The fraction of sp³-hybridized carbons (Fsp3) is 0.500. The van der Waals surface area contributed by atoms with Crippen molar-refractivity contribution in [2.24, 2.45) is 0 Å². The summed E-state index contributed by atoms with van der Waals surface area (Å²) in [4.78, 5) is 15.8. The van der Waals surface area contributed by atoms with Crippen molar-refractivity contribution >= 4 is 5.91 Å². The van der Waals surface area contributed by atoms with Crippen LogP contribution in [0.4, 0.5) is 0 Å². The van der Waals surface area contributed by atoms with Crippen molar-refractivity contribution in [2.75, 3.05) is 20.3 Å². The third kappa shape index (κ3) is 4.50. The van der Waals surface area contributed by atoms with E-state index in [0.29, 0.717) is 18.6 Å². The van der Waals surface area contributed by atoms with E-state index in [1.54, 1.807) is 19.2 Å². The van der Waals surface area contributed by atoms with Gasteiger partial charge in [-0.1, -0.05) is 0 Å². The molecule has 94 valence electrons. The van der Waals surface area contributed by atoms with Crippen molar-refractivity contribution < 1.29 is 14.6 Å². The Hall–Kier alpha value is -1.46. The molecular weight excluding hydrogens is 220 g/mol. The molecule has 0 saturated carbocycles. The fourth-order valence-corrected chi connectivity index (χ4v) is 1.34. The highest BCUT2D eigenvalue weighted by atomic mass is 16.5. The molecule has 1 aromatic heterocycles. The molecule has 0 aliphatic rings. The number of aryl methyl sites for hydroxylation is 1. The van der Waals surface area contributed by atoms with Crippen LogP contribution < -0.4 is 5.32 Å². The van der Waals surface area contributed by atoms with E-state index in [2.05, 4.69) is 10.3 Å². The maximum atomic E-state index is 11.8. The molecule has 1 heterocycles.